The largest absolute Gasteiger partial charge is 0.493 e. The van der Waals surface area contributed by atoms with E-state index < -0.39 is 12.0 Å². The lowest BCUT2D eigenvalue weighted by Gasteiger charge is -2.34. The highest BCUT2D eigenvalue weighted by atomic mass is 16.5. The number of methoxy groups -OCH3 is 1. The molecule has 33 heavy (non-hydrogen) atoms. The molecule has 0 fully saturated rings. The van der Waals surface area contributed by atoms with Crippen molar-refractivity contribution < 1.29 is 23.8 Å². The Kier molecular flexibility index (Phi) is 5.38. The predicted octanol–water partition coefficient (Wildman–Crippen LogP) is 4.74. The van der Waals surface area contributed by atoms with Crippen LogP contribution in [0.25, 0.3) is 11.1 Å². The van der Waals surface area contributed by atoms with Crippen molar-refractivity contribution in [1.82, 2.24) is 4.98 Å². The molecule has 1 aromatic heterocycles. The van der Waals surface area contributed by atoms with Crippen LogP contribution >= 0.6 is 0 Å². The monoisotopic (exact) mass is 444 g/mol. The fraction of sp³-hybridized carbons (Fsp3) is 0.231. The number of carboxylic acids is 1. The number of rotatable bonds is 6. The van der Waals surface area contributed by atoms with Gasteiger partial charge in [-0.2, -0.15) is 4.98 Å². The summed E-state index contributed by atoms with van der Waals surface area (Å²) in [5.41, 5.74) is 5.17. The normalized spacial score (nSPS) is 15.3. The van der Waals surface area contributed by atoms with Gasteiger partial charge in [-0.15, -0.1) is 0 Å². The molecule has 7 heteroatoms. The first kappa shape index (κ1) is 20.9. The quantitative estimate of drug-likeness (QED) is 0.460. The van der Waals surface area contributed by atoms with E-state index >= 15 is 0 Å². The molecular weight excluding hydrogens is 420 g/mol. The van der Waals surface area contributed by atoms with Crippen molar-refractivity contribution in [2.24, 2.45) is 0 Å². The second-order valence-electron chi connectivity index (χ2n) is 8.11. The van der Waals surface area contributed by atoms with Crippen LogP contribution in [0.2, 0.25) is 0 Å². The first-order chi connectivity index (χ1) is 16.0. The second-order valence-corrected chi connectivity index (χ2v) is 8.11. The van der Waals surface area contributed by atoms with Crippen LogP contribution in [0.4, 0.5) is 6.01 Å². The van der Waals surface area contributed by atoms with Crippen LogP contribution in [-0.4, -0.2) is 29.2 Å². The van der Waals surface area contributed by atoms with Crippen molar-refractivity contribution in [3.8, 4) is 11.5 Å². The lowest BCUT2D eigenvalue weighted by atomic mass is 9.93. The maximum absolute atomic E-state index is 12.3. The summed E-state index contributed by atoms with van der Waals surface area (Å²) in [6.07, 6.45) is 0.240. The first-order valence-corrected chi connectivity index (χ1v) is 10.8. The van der Waals surface area contributed by atoms with Crippen molar-refractivity contribution >= 4 is 23.1 Å². The van der Waals surface area contributed by atoms with Gasteiger partial charge in [0.2, 0.25) is 0 Å². The summed E-state index contributed by atoms with van der Waals surface area (Å²) in [5.74, 6) is 0.217. The molecule has 5 rings (SSSR count). The first-order valence-electron chi connectivity index (χ1n) is 10.8. The molecule has 1 atom stereocenters. The zero-order valence-corrected chi connectivity index (χ0v) is 18.4. The summed E-state index contributed by atoms with van der Waals surface area (Å²) >= 11 is 0. The van der Waals surface area contributed by atoms with E-state index in [4.69, 9.17) is 13.9 Å². The van der Waals surface area contributed by atoms with Crippen molar-refractivity contribution in [2.45, 2.75) is 32.5 Å². The minimum atomic E-state index is -0.948. The van der Waals surface area contributed by atoms with E-state index in [2.05, 4.69) is 4.98 Å². The maximum Gasteiger partial charge on any atom is 0.326 e. The number of para-hydroxylation sites is 1. The van der Waals surface area contributed by atoms with E-state index in [0.717, 1.165) is 27.8 Å². The Balaban J connectivity index is 1.53. The van der Waals surface area contributed by atoms with Gasteiger partial charge in [0.15, 0.2) is 17.1 Å². The Labute approximate surface area is 191 Å². The lowest BCUT2D eigenvalue weighted by molar-refractivity contribution is -0.138. The molecule has 0 saturated carbocycles. The highest BCUT2D eigenvalue weighted by Crippen LogP contribution is 2.40. The van der Waals surface area contributed by atoms with Crippen LogP contribution in [0.3, 0.4) is 0 Å². The molecule has 0 aliphatic carbocycles. The van der Waals surface area contributed by atoms with E-state index in [-0.39, 0.29) is 6.42 Å². The Morgan fingerprint density at radius 3 is 2.70 bits per heavy atom. The van der Waals surface area contributed by atoms with Gasteiger partial charge in [-0.3, -0.25) is 0 Å². The average Bonchev–Trinajstić information content (AvgIpc) is 3.28. The minimum absolute atomic E-state index is 0.240. The predicted molar refractivity (Wildman–Crippen MR) is 124 cm³/mol. The number of carboxylic acid groups (broad SMARTS) is 1. The molecule has 1 aliphatic heterocycles. The van der Waals surface area contributed by atoms with Crippen LogP contribution in [0.15, 0.2) is 65.1 Å². The summed E-state index contributed by atoms with van der Waals surface area (Å²) in [7, 11) is 1.58. The zero-order valence-electron chi connectivity index (χ0n) is 18.4. The molecule has 0 bridgehead atoms. The number of benzene rings is 3. The van der Waals surface area contributed by atoms with Crippen LogP contribution in [0.1, 0.15) is 22.3 Å². The SMILES string of the molecule is COc1ccc2c(c1OCc1ccccc1)CC(C(=O)O)N(c1nc3c(C)cccc3o1)C2. The number of ether oxygens (including phenoxy) is 2. The molecule has 0 amide bonds. The number of hydrogen-bond donors (Lipinski definition) is 1. The average molecular weight is 444 g/mol. The molecule has 168 valence electrons. The summed E-state index contributed by atoms with van der Waals surface area (Å²) in [6.45, 7) is 2.65. The van der Waals surface area contributed by atoms with E-state index in [9.17, 15) is 9.90 Å². The van der Waals surface area contributed by atoms with Gasteiger partial charge in [-0.25, -0.2) is 4.79 Å². The van der Waals surface area contributed by atoms with Crippen molar-refractivity contribution in [3.05, 3.63) is 82.9 Å². The molecule has 3 aromatic carbocycles. The van der Waals surface area contributed by atoms with Crippen molar-refractivity contribution in [2.75, 3.05) is 12.0 Å². The van der Waals surface area contributed by atoms with Crippen LogP contribution in [0.5, 0.6) is 11.5 Å². The molecule has 1 aliphatic rings. The van der Waals surface area contributed by atoms with Gasteiger partial charge >= 0.3 is 5.97 Å². The van der Waals surface area contributed by atoms with Crippen molar-refractivity contribution in [1.29, 1.82) is 0 Å². The number of nitrogens with zero attached hydrogens (tertiary/aromatic N) is 2. The zero-order chi connectivity index (χ0) is 22.9. The Morgan fingerprint density at radius 1 is 1.15 bits per heavy atom. The molecule has 1 N–H and O–H groups in total. The number of fused-ring (bicyclic) bond motifs is 2. The number of aromatic nitrogens is 1. The molecule has 0 saturated heterocycles. The highest BCUT2D eigenvalue weighted by molar-refractivity contribution is 5.82. The van der Waals surface area contributed by atoms with Crippen LogP contribution in [0, 0.1) is 6.92 Å². The molecule has 0 spiro atoms. The number of hydrogen-bond acceptors (Lipinski definition) is 6. The summed E-state index contributed by atoms with van der Waals surface area (Å²) in [6, 6.07) is 18.8. The van der Waals surface area contributed by atoms with E-state index in [0.29, 0.717) is 36.2 Å². The number of aryl methyl sites for hydroxylation is 1. The topological polar surface area (TPSA) is 85.0 Å². The third-order valence-electron chi connectivity index (χ3n) is 6.02. The highest BCUT2D eigenvalue weighted by Gasteiger charge is 2.36. The van der Waals surface area contributed by atoms with Gasteiger partial charge in [0.1, 0.15) is 18.2 Å². The number of carbonyl (C=O) groups is 1. The number of aliphatic carboxylic acids is 1. The van der Waals surface area contributed by atoms with Crippen LogP contribution in [-0.2, 0) is 24.4 Å². The summed E-state index contributed by atoms with van der Waals surface area (Å²) in [5, 5.41) is 10.1. The minimum Gasteiger partial charge on any atom is -0.493 e. The standard InChI is InChI=1S/C26H24N2O5/c1-16-7-6-10-21-23(16)27-26(33-21)28-14-18-11-12-22(31-2)24(19(18)13-20(28)25(29)30)32-15-17-8-4-3-5-9-17/h3-12,20H,13-15H2,1-2H3,(H,29,30). The fourth-order valence-electron chi connectivity index (χ4n) is 4.28. The number of anilines is 1. The second kappa shape index (κ2) is 8.50. The summed E-state index contributed by atoms with van der Waals surface area (Å²) < 4.78 is 17.7. The molecule has 7 nitrogen and oxygen atoms in total. The Bertz CT molecular complexity index is 1320. The smallest absolute Gasteiger partial charge is 0.326 e. The van der Waals surface area contributed by atoms with E-state index in [1.807, 2.05) is 67.6 Å². The molecule has 0 radical (unpaired) electrons. The Hall–Kier alpha value is -4.00. The lowest BCUT2D eigenvalue weighted by Crippen LogP contribution is -2.46. The van der Waals surface area contributed by atoms with Crippen molar-refractivity contribution in [3.63, 3.8) is 0 Å². The number of oxazole rings is 1. The molecule has 2 heterocycles. The van der Waals surface area contributed by atoms with Gasteiger partial charge < -0.3 is 23.9 Å². The van der Waals surface area contributed by atoms with Gasteiger partial charge in [-0.1, -0.05) is 48.5 Å². The molecule has 1 unspecified atom stereocenters. The third kappa shape index (κ3) is 3.86. The van der Waals surface area contributed by atoms with Gasteiger partial charge in [0, 0.05) is 18.5 Å². The van der Waals surface area contributed by atoms with E-state index in [1.165, 1.54) is 0 Å². The maximum atomic E-state index is 12.3. The fourth-order valence-corrected chi connectivity index (χ4v) is 4.28. The van der Waals surface area contributed by atoms with Gasteiger partial charge in [0.05, 0.1) is 7.11 Å². The molecular formula is C26H24N2O5. The van der Waals surface area contributed by atoms with Gasteiger partial charge in [-0.05, 0) is 35.7 Å². The van der Waals surface area contributed by atoms with Gasteiger partial charge in [0.25, 0.3) is 6.01 Å². The third-order valence-corrected chi connectivity index (χ3v) is 6.02. The molecule has 4 aromatic rings. The van der Waals surface area contributed by atoms with E-state index in [1.54, 1.807) is 12.0 Å². The summed E-state index contributed by atoms with van der Waals surface area (Å²) in [4.78, 5) is 18.6. The Morgan fingerprint density at radius 2 is 1.97 bits per heavy atom. The van der Waals surface area contributed by atoms with Crippen LogP contribution < -0.4 is 14.4 Å².